The van der Waals surface area contributed by atoms with Gasteiger partial charge in [-0.15, -0.1) is 0 Å². The van der Waals surface area contributed by atoms with E-state index in [4.69, 9.17) is 5.11 Å². The van der Waals surface area contributed by atoms with Gasteiger partial charge >= 0.3 is 5.97 Å². The minimum Gasteiger partial charge on any atom is -0.480 e. The highest BCUT2D eigenvalue weighted by molar-refractivity contribution is 7.81. The first-order valence-corrected chi connectivity index (χ1v) is 5.28. The molecular formula is C7H12N2O4S2. The molecule has 0 aliphatic rings. The number of hydrogen-bond acceptors (Lipinski definition) is 5. The Morgan fingerprint density at radius 2 is 1.67 bits per heavy atom. The van der Waals surface area contributed by atoms with Crippen LogP contribution in [-0.4, -0.2) is 47.0 Å². The van der Waals surface area contributed by atoms with Gasteiger partial charge in [0.2, 0.25) is 11.8 Å². The fraction of sp³-hybridized carbons (Fsp3) is 0.571. The van der Waals surface area contributed by atoms with Crippen LogP contribution in [0.25, 0.3) is 0 Å². The van der Waals surface area contributed by atoms with Gasteiger partial charge in [-0.25, -0.2) is 4.79 Å². The summed E-state index contributed by atoms with van der Waals surface area (Å²) >= 11 is 7.38. The molecule has 15 heavy (non-hydrogen) atoms. The van der Waals surface area contributed by atoms with Crippen molar-refractivity contribution in [1.29, 1.82) is 0 Å². The van der Waals surface area contributed by atoms with Gasteiger partial charge in [-0.3, -0.25) is 9.59 Å². The fourth-order valence-corrected chi connectivity index (χ4v) is 0.915. The normalized spacial score (nSPS) is 11.6. The molecule has 0 radical (unpaired) electrons. The predicted molar refractivity (Wildman–Crippen MR) is 60.3 cm³/mol. The van der Waals surface area contributed by atoms with Crippen molar-refractivity contribution in [2.75, 3.05) is 18.1 Å². The van der Waals surface area contributed by atoms with E-state index >= 15 is 0 Å². The van der Waals surface area contributed by atoms with Crippen LogP contribution >= 0.6 is 25.3 Å². The Bertz CT molecular complexity index is 259. The first kappa shape index (κ1) is 14.1. The summed E-state index contributed by atoms with van der Waals surface area (Å²) in [5, 5.41) is 13.2. The van der Waals surface area contributed by atoms with Crippen molar-refractivity contribution >= 4 is 43.0 Å². The van der Waals surface area contributed by atoms with E-state index in [2.05, 4.69) is 35.9 Å². The van der Waals surface area contributed by atoms with E-state index in [1.165, 1.54) is 0 Å². The van der Waals surface area contributed by atoms with Gasteiger partial charge in [0.1, 0.15) is 6.04 Å². The molecular weight excluding hydrogens is 240 g/mol. The van der Waals surface area contributed by atoms with Crippen LogP contribution < -0.4 is 10.6 Å². The third kappa shape index (κ3) is 6.24. The van der Waals surface area contributed by atoms with Crippen molar-refractivity contribution in [3.63, 3.8) is 0 Å². The zero-order valence-corrected chi connectivity index (χ0v) is 9.55. The minimum atomic E-state index is -1.22. The number of amides is 2. The van der Waals surface area contributed by atoms with Crippen LogP contribution in [0.5, 0.6) is 0 Å². The molecule has 0 saturated carbocycles. The average molecular weight is 252 g/mol. The van der Waals surface area contributed by atoms with Crippen molar-refractivity contribution in [1.82, 2.24) is 10.6 Å². The van der Waals surface area contributed by atoms with E-state index in [1.54, 1.807) is 0 Å². The van der Waals surface area contributed by atoms with Crippen LogP contribution in [0.3, 0.4) is 0 Å². The van der Waals surface area contributed by atoms with E-state index in [9.17, 15) is 14.4 Å². The van der Waals surface area contributed by atoms with E-state index < -0.39 is 23.8 Å². The van der Waals surface area contributed by atoms with Crippen molar-refractivity contribution < 1.29 is 19.5 Å². The zero-order chi connectivity index (χ0) is 11.8. The molecule has 0 saturated heterocycles. The molecule has 1 atom stereocenters. The van der Waals surface area contributed by atoms with Gasteiger partial charge in [-0.1, -0.05) is 0 Å². The van der Waals surface area contributed by atoms with Crippen LogP contribution in [0.15, 0.2) is 0 Å². The lowest BCUT2D eigenvalue weighted by molar-refractivity contribution is -0.141. The number of carbonyl (C=O) groups excluding carboxylic acids is 2. The van der Waals surface area contributed by atoms with Crippen LogP contribution in [-0.2, 0) is 14.4 Å². The Morgan fingerprint density at radius 3 is 2.07 bits per heavy atom. The maximum Gasteiger partial charge on any atom is 0.328 e. The predicted octanol–water partition coefficient (Wildman–Crippen LogP) is -1.47. The molecule has 0 unspecified atom stereocenters. The molecule has 0 spiro atoms. The molecule has 0 aliphatic carbocycles. The molecule has 6 nitrogen and oxygen atoms in total. The SMILES string of the molecule is O=C(CS)NC[C@H](NC(=O)CS)C(=O)O. The number of hydrogen-bond donors (Lipinski definition) is 5. The fourth-order valence-electron chi connectivity index (χ4n) is 0.712. The van der Waals surface area contributed by atoms with E-state index in [1.807, 2.05) is 0 Å². The van der Waals surface area contributed by atoms with Crippen molar-refractivity contribution in [3.05, 3.63) is 0 Å². The highest BCUT2D eigenvalue weighted by Gasteiger charge is 2.19. The van der Waals surface area contributed by atoms with Gasteiger partial charge in [-0.2, -0.15) is 25.3 Å². The molecule has 2 amide bonds. The Balaban J connectivity index is 4.11. The maximum atomic E-state index is 10.9. The lowest BCUT2D eigenvalue weighted by Crippen LogP contribution is -2.49. The summed E-state index contributed by atoms with van der Waals surface area (Å²) in [6.07, 6.45) is 0. The summed E-state index contributed by atoms with van der Waals surface area (Å²) in [5.74, 6) is -2.27. The number of carboxylic acid groups (broad SMARTS) is 1. The standard InChI is InChI=1S/C7H12N2O4S2/c10-5(2-14)8-1-4(7(12)13)9-6(11)3-15/h4,14-15H,1-3H2,(H,8,10)(H,9,11)(H,12,13)/t4-/m0/s1. The molecule has 86 valence electrons. The van der Waals surface area contributed by atoms with Crippen molar-refractivity contribution in [3.8, 4) is 0 Å². The number of carbonyl (C=O) groups is 3. The van der Waals surface area contributed by atoms with Crippen molar-refractivity contribution in [2.24, 2.45) is 0 Å². The molecule has 8 heteroatoms. The van der Waals surface area contributed by atoms with Gasteiger partial charge in [0.05, 0.1) is 11.5 Å². The minimum absolute atomic E-state index is 0.0349. The number of carboxylic acids is 1. The van der Waals surface area contributed by atoms with Crippen molar-refractivity contribution in [2.45, 2.75) is 6.04 Å². The van der Waals surface area contributed by atoms with Gasteiger partial charge in [0, 0.05) is 6.54 Å². The van der Waals surface area contributed by atoms with Gasteiger partial charge in [-0.05, 0) is 0 Å². The number of nitrogens with one attached hydrogen (secondary N) is 2. The second kappa shape index (κ2) is 7.41. The number of aliphatic carboxylic acids is 1. The summed E-state index contributed by atoms with van der Waals surface area (Å²) in [5.41, 5.74) is 0. The van der Waals surface area contributed by atoms with E-state index in [0.717, 1.165) is 0 Å². The Morgan fingerprint density at radius 1 is 1.13 bits per heavy atom. The van der Waals surface area contributed by atoms with Gasteiger partial charge in [0.15, 0.2) is 0 Å². The first-order chi connectivity index (χ1) is 7.01. The average Bonchev–Trinajstić information content (AvgIpc) is 2.22. The molecule has 0 aliphatic heterocycles. The maximum absolute atomic E-state index is 10.9. The largest absolute Gasteiger partial charge is 0.480 e. The summed E-state index contributed by atoms with van der Waals surface area (Å²) in [7, 11) is 0. The van der Waals surface area contributed by atoms with Gasteiger partial charge in [0.25, 0.3) is 0 Å². The lowest BCUT2D eigenvalue weighted by Gasteiger charge is -2.14. The highest BCUT2D eigenvalue weighted by Crippen LogP contribution is 1.85. The monoisotopic (exact) mass is 252 g/mol. The summed E-state index contributed by atoms with van der Waals surface area (Å²) in [6.45, 7) is -0.172. The van der Waals surface area contributed by atoms with Crippen LogP contribution in [0, 0.1) is 0 Å². The molecule has 0 aromatic heterocycles. The Labute approximate surface area is 97.6 Å². The molecule has 0 aromatic rings. The number of rotatable bonds is 6. The molecule has 0 aromatic carbocycles. The zero-order valence-electron chi connectivity index (χ0n) is 7.77. The lowest BCUT2D eigenvalue weighted by atomic mass is 10.3. The smallest absolute Gasteiger partial charge is 0.328 e. The molecule has 3 N–H and O–H groups in total. The molecule has 0 bridgehead atoms. The summed E-state index contributed by atoms with van der Waals surface area (Å²) < 4.78 is 0. The third-order valence-electron chi connectivity index (χ3n) is 1.42. The number of thiol groups is 2. The first-order valence-electron chi connectivity index (χ1n) is 4.01. The van der Waals surface area contributed by atoms with E-state index in [-0.39, 0.29) is 18.1 Å². The van der Waals surface area contributed by atoms with Crippen LogP contribution in [0.1, 0.15) is 0 Å². The third-order valence-corrected chi connectivity index (χ3v) is 2.00. The van der Waals surface area contributed by atoms with Gasteiger partial charge < -0.3 is 15.7 Å². The molecule has 0 heterocycles. The summed E-state index contributed by atoms with van der Waals surface area (Å²) in [6, 6.07) is -1.14. The quantitative estimate of drug-likeness (QED) is 0.373. The second-order valence-corrected chi connectivity index (χ2v) is 3.21. The Hall–Kier alpha value is -0.890. The van der Waals surface area contributed by atoms with E-state index in [0.29, 0.717) is 0 Å². The topological polar surface area (TPSA) is 95.5 Å². The molecule has 0 fully saturated rings. The molecule has 0 rings (SSSR count). The Kier molecular flexibility index (Phi) is 6.97. The second-order valence-electron chi connectivity index (χ2n) is 2.58. The van der Waals surface area contributed by atoms with Crippen LogP contribution in [0.2, 0.25) is 0 Å². The highest BCUT2D eigenvalue weighted by atomic mass is 32.1. The van der Waals surface area contributed by atoms with Crippen LogP contribution in [0.4, 0.5) is 0 Å². The summed E-state index contributed by atoms with van der Waals surface area (Å²) in [4.78, 5) is 32.3.